The maximum atomic E-state index is 12.8. The minimum absolute atomic E-state index is 0.237. The van der Waals surface area contributed by atoms with Crippen molar-refractivity contribution in [3.8, 4) is 5.75 Å². The number of nitro benzene ring substituents is 2. The number of carbonyl (C=O) groups is 1. The van der Waals surface area contributed by atoms with E-state index in [-0.39, 0.29) is 5.56 Å². The predicted molar refractivity (Wildman–Crippen MR) is 120 cm³/mol. The lowest BCUT2D eigenvalue weighted by Gasteiger charge is -2.34. The topological polar surface area (TPSA) is 122 Å². The molecule has 0 bridgehead atoms. The van der Waals surface area contributed by atoms with Gasteiger partial charge in [-0.25, -0.2) is 4.79 Å². The zero-order valence-corrected chi connectivity index (χ0v) is 17.9. The standard InChI is InChI=1S/C24H22N2O7/c1-15-6-9-22(23(10-15)32-21-8-7-16-4-2-3-5-17(16)13-21)33-24(27)18-11-19(25(28)29)14-20(12-18)26(30)31/h2-5,7-8,11-15,22-23H,6,9-10H2,1H3/t15-,22+,23+/m0/s1. The highest BCUT2D eigenvalue weighted by Crippen LogP contribution is 2.32. The molecule has 1 saturated carbocycles. The highest BCUT2D eigenvalue weighted by Gasteiger charge is 2.34. The molecule has 0 radical (unpaired) electrons. The lowest BCUT2D eigenvalue weighted by molar-refractivity contribution is -0.394. The molecule has 4 rings (SSSR count). The van der Waals surface area contributed by atoms with Gasteiger partial charge in [0.2, 0.25) is 0 Å². The van der Waals surface area contributed by atoms with Crippen LogP contribution in [-0.2, 0) is 4.74 Å². The van der Waals surface area contributed by atoms with Crippen molar-refractivity contribution in [2.75, 3.05) is 0 Å². The predicted octanol–water partition coefficient (Wildman–Crippen LogP) is 5.45. The Morgan fingerprint density at radius 1 is 0.879 bits per heavy atom. The summed E-state index contributed by atoms with van der Waals surface area (Å²) in [5.41, 5.74) is -1.33. The highest BCUT2D eigenvalue weighted by atomic mass is 16.6. The summed E-state index contributed by atoms with van der Waals surface area (Å²) in [6, 6.07) is 16.4. The largest absolute Gasteiger partial charge is 0.487 e. The molecule has 0 spiro atoms. The molecule has 3 atom stereocenters. The number of non-ortho nitro benzene ring substituents is 2. The van der Waals surface area contributed by atoms with E-state index in [4.69, 9.17) is 9.47 Å². The summed E-state index contributed by atoms with van der Waals surface area (Å²) in [7, 11) is 0. The molecule has 0 unspecified atom stereocenters. The van der Waals surface area contributed by atoms with Gasteiger partial charge in [0.1, 0.15) is 18.0 Å². The van der Waals surface area contributed by atoms with Crippen LogP contribution >= 0.6 is 0 Å². The molecule has 1 aliphatic carbocycles. The maximum Gasteiger partial charge on any atom is 0.339 e. The molecular weight excluding hydrogens is 428 g/mol. The Labute approximate surface area is 189 Å². The first kappa shape index (κ1) is 22.2. The van der Waals surface area contributed by atoms with Crippen LogP contribution in [0, 0.1) is 26.1 Å². The molecule has 33 heavy (non-hydrogen) atoms. The van der Waals surface area contributed by atoms with Crippen molar-refractivity contribution >= 4 is 28.1 Å². The van der Waals surface area contributed by atoms with Crippen LogP contribution in [-0.4, -0.2) is 28.0 Å². The van der Waals surface area contributed by atoms with E-state index in [0.29, 0.717) is 24.5 Å². The van der Waals surface area contributed by atoms with Crippen LogP contribution < -0.4 is 4.74 Å². The van der Waals surface area contributed by atoms with Gasteiger partial charge in [0.05, 0.1) is 21.5 Å². The van der Waals surface area contributed by atoms with Gasteiger partial charge in [-0.2, -0.15) is 0 Å². The molecule has 0 saturated heterocycles. The number of ether oxygens (including phenoxy) is 2. The van der Waals surface area contributed by atoms with E-state index in [1.54, 1.807) is 0 Å². The van der Waals surface area contributed by atoms with Gasteiger partial charge in [0, 0.05) is 12.1 Å². The van der Waals surface area contributed by atoms with Crippen molar-refractivity contribution in [1.29, 1.82) is 0 Å². The van der Waals surface area contributed by atoms with Gasteiger partial charge in [-0.3, -0.25) is 20.2 Å². The SMILES string of the molecule is C[C@H]1CC[C@@H](OC(=O)c2cc([N+](=O)[O-])cc([N+](=O)[O-])c2)[C@H](Oc2ccc3ccccc3c2)C1. The number of hydrogen-bond donors (Lipinski definition) is 0. The van der Waals surface area contributed by atoms with Gasteiger partial charge in [-0.05, 0) is 48.1 Å². The van der Waals surface area contributed by atoms with Crippen LogP contribution in [0.4, 0.5) is 11.4 Å². The van der Waals surface area contributed by atoms with Gasteiger partial charge in [-0.1, -0.05) is 37.3 Å². The monoisotopic (exact) mass is 450 g/mol. The molecule has 0 aliphatic heterocycles. The first-order chi connectivity index (χ1) is 15.8. The summed E-state index contributed by atoms with van der Waals surface area (Å²) in [5.74, 6) is 0.164. The van der Waals surface area contributed by atoms with Gasteiger partial charge in [-0.15, -0.1) is 0 Å². The van der Waals surface area contributed by atoms with Gasteiger partial charge in [0.25, 0.3) is 11.4 Å². The molecule has 9 heteroatoms. The van der Waals surface area contributed by atoms with E-state index in [9.17, 15) is 25.0 Å². The number of carbonyl (C=O) groups excluding carboxylic acids is 1. The molecule has 0 amide bonds. The molecule has 1 aliphatic rings. The van der Waals surface area contributed by atoms with E-state index in [1.807, 2.05) is 42.5 Å². The fraction of sp³-hybridized carbons (Fsp3) is 0.292. The van der Waals surface area contributed by atoms with Gasteiger partial charge < -0.3 is 9.47 Å². The number of rotatable bonds is 6. The summed E-state index contributed by atoms with van der Waals surface area (Å²) in [5, 5.41) is 24.4. The second-order valence-electron chi connectivity index (χ2n) is 8.28. The minimum atomic E-state index is -0.853. The average Bonchev–Trinajstić information content (AvgIpc) is 2.80. The van der Waals surface area contributed by atoms with Crippen LogP contribution in [0.2, 0.25) is 0 Å². The number of esters is 1. The Morgan fingerprint density at radius 2 is 1.55 bits per heavy atom. The number of fused-ring (bicyclic) bond motifs is 1. The van der Waals surface area contributed by atoms with Crippen molar-refractivity contribution in [3.05, 3.63) is 86.5 Å². The number of benzene rings is 3. The Morgan fingerprint density at radius 3 is 2.21 bits per heavy atom. The highest BCUT2D eigenvalue weighted by molar-refractivity contribution is 5.91. The van der Waals surface area contributed by atoms with E-state index >= 15 is 0 Å². The van der Waals surface area contributed by atoms with E-state index in [2.05, 4.69) is 6.92 Å². The molecule has 0 heterocycles. The second kappa shape index (κ2) is 9.23. The Bertz CT molecular complexity index is 1190. The van der Waals surface area contributed by atoms with Crippen molar-refractivity contribution in [2.24, 2.45) is 5.92 Å². The van der Waals surface area contributed by atoms with Gasteiger partial charge in [0.15, 0.2) is 0 Å². The zero-order valence-electron chi connectivity index (χ0n) is 17.9. The molecule has 1 fully saturated rings. The molecule has 0 aromatic heterocycles. The van der Waals surface area contributed by atoms with E-state index in [0.717, 1.165) is 35.4 Å². The molecule has 170 valence electrons. The van der Waals surface area contributed by atoms with Gasteiger partial charge >= 0.3 is 5.97 Å². The molecule has 3 aromatic rings. The van der Waals surface area contributed by atoms with Crippen molar-refractivity contribution < 1.29 is 24.1 Å². The Hall–Kier alpha value is -4.01. The third-order valence-corrected chi connectivity index (χ3v) is 5.82. The van der Waals surface area contributed by atoms with Crippen LogP contribution in [0.25, 0.3) is 10.8 Å². The average molecular weight is 450 g/mol. The summed E-state index contributed by atoms with van der Waals surface area (Å²) >= 11 is 0. The first-order valence-electron chi connectivity index (χ1n) is 10.6. The van der Waals surface area contributed by atoms with E-state index < -0.39 is 39.4 Å². The molecule has 0 N–H and O–H groups in total. The molecule has 9 nitrogen and oxygen atoms in total. The van der Waals surface area contributed by atoms with E-state index in [1.165, 1.54) is 0 Å². The minimum Gasteiger partial charge on any atom is -0.487 e. The van der Waals surface area contributed by atoms with Crippen molar-refractivity contribution in [1.82, 2.24) is 0 Å². The van der Waals surface area contributed by atoms with Crippen LogP contribution in [0.5, 0.6) is 5.75 Å². The quantitative estimate of drug-likeness (QED) is 0.278. The number of hydrogen-bond acceptors (Lipinski definition) is 7. The van der Waals surface area contributed by atoms with Crippen LogP contribution in [0.1, 0.15) is 36.5 Å². The zero-order chi connectivity index (χ0) is 23.5. The second-order valence-corrected chi connectivity index (χ2v) is 8.28. The van der Waals surface area contributed by atoms with Crippen molar-refractivity contribution in [3.63, 3.8) is 0 Å². The fourth-order valence-electron chi connectivity index (χ4n) is 4.10. The Balaban J connectivity index is 1.55. The lowest BCUT2D eigenvalue weighted by Crippen LogP contribution is -2.40. The maximum absolute atomic E-state index is 12.8. The molecule has 3 aromatic carbocycles. The van der Waals surface area contributed by atoms with Crippen molar-refractivity contribution in [2.45, 2.75) is 38.4 Å². The summed E-state index contributed by atoms with van der Waals surface area (Å²) in [6.07, 6.45) is 1.05. The summed E-state index contributed by atoms with van der Waals surface area (Å²) in [4.78, 5) is 33.5. The lowest BCUT2D eigenvalue weighted by atomic mass is 9.86. The van der Waals surface area contributed by atoms with Crippen LogP contribution in [0.15, 0.2) is 60.7 Å². The molecular formula is C24H22N2O7. The third kappa shape index (κ3) is 5.08. The number of nitro groups is 2. The Kier molecular flexibility index (Phi) is 6.21. The third-order valence-electron chi connectivity index (χ3n) is 5.82. The summed E-state index contributed by atoms with van der Waals surface area (Å²) in [6.45, 7) is 2.10. The van der Waals surface area contributed by atoms with Crippen LogP contribution in [0.3, 0.4) is 0 Å². The smallest absolute Gasteiger partial charge is 0.339 e. The summed E-state index contributed by atoms with van der Waals surface area (Å²) < 4.78 is 11.9. The normalized spacial score (nSPS) is 20.2. The number of nitrogens with zero attached hydrogens (tertiary/aromatic N) is 2. The fourth-order valence-corrected chi connectivity index (χ4v) is 4.10. The first-order valence-corrected chi connectivity index (χ1v) is 10.6.